The summed E-state index contributed by atoms with van der Waals surface area (Å²) in [5, 5.41) is 19.3. The van der Waals surface area contributed by atoms with Gasteiger partial charge in [-0.25, -0.2) is 0 Å². The van der Waals surface area contributed by atoms with E-state index in [9.17, 15) is 24.9 Å². The molecular weight excluding hydrogens is 324 g/mol. The molecule has 0 N–H and O–H groups in total. The molecule has 0 saturated heterocycles. The third-order valence-electron chi connectivity index (χ3n) is 5.15. The third kappa shape index (κ3) is 3.66. The van der Waals surface area contributed by atoms with Crippen LogP contribution in [0.15, 0.2) is 0 Å². The van der Waals surface area contributed by atoms with E-state index in [1.165, 1.54) is 0 Å². The van der Waals surface area contributed by atoms with Gasteiger partial charge in [-0.05, 0) is 24.2 Å². The Balaban J connectivity index is 3.53. The smallest absolute Gasteiger partial charge is 0.328 e. The van der Waals surface area contributed by atoms with E-state index < -0.39 is 29.2 Å². The Morgan fingerprint density at radius 2 is 1.80 bits per heavy atom. The predicted octanol–water partition coefficient (Wildman–Crippen LogP) is 2.01. The van der Waals surface area contributed by atoms with Crippen LogP contribution in [-0.2, 0) is 23.9 Å². The minimum Gasteiger partial charge on any atom is -0.468 e. The molecule has 0 aromatic carbocycles. The molecule has 1 saturated carbocycles. The van der Waals surface area contributed by atoms with E-state index in [1.807, 2.05) is 20.8 Å². The molecule has 7 nitrogen and oxygen atoms in total. The van der Waals surface area contributed by atoms with E-state index in [4.69, 9.17) is 4.74 Å². The zero-order chi connectivity index (χ0) is 19.4. The Hall–Kier alpha value is -2.41. The average molecular weight is 348 g/mol. The molecule has 25 heavy (non-hydrogen) atoms. The number of rotatable bonds is 4. The molecule has 0 heterocycles. The topological polar surface area (TPSA) is 117 Å². The molecule has 4 atom stereocenters. The third-order valence-corrected chi connectivity index (χ3v) is 5.15. The van der Waals surface area contributed by atoms with Crippen LogP contribution in [-0.4, -0.2) is 31.9 Å². The van der Waals surface area contributed by atoms with Crippen LogP contribution in [0.4, 0.5) is 0 Å². The van der Waals surface area contributed by atoms with Crippen LogP contribution in [0.1, 0.15) is 40.0 Å². The summed E-state index contributed by atoms with van der Waals surface area (Å²) < 4.78 is 9.33. The lowest BCUT2D eigenvalue weighted by atomic mass is 9.58. The summed E-state index contributed by atoms with van der Waals surface area (Å²) in [5.74, 6) is -5.16. The minimum absolute atomic E-state index is 0.0598. The van der Waals surface area contributed by atoms with Crippen molar-refractivity contribution in [3.8, 4) is 12.1 Å². The second-order valence-corrected chi connectivity index (χ2v) is 7.41. The molecule has 0 unspecified atom stereocenters. The molecule has 7 heteroatoms. The number of esters is 2. The summed E-state index contributed by atoms with van der Waals surface area (Å²) in [4.78, 5) is 37.2. The number of Topliss-reactive ketones (excluding diaryl/α,β-unsaturated/α-hetero) is 1. The minimum atomic E-state index is -2.21. The van der Waals surface area contributed by atoms with Crippen LogP contribution < -0.4 is 0 Å². The monoisotopic (exact) mass is 348 g/mol. The second kappa shape index (κ2) is 7.65. The van der Waals surface area contributed by atoms with Gasteiger partial charge >= 0.3 is 11.9 Å². The Bertz CT molecular complexity index is 637. The summed E-state index contributed by atoms with van der Waals surface area (Å²) >= 11 is 0. The zero-order valence-electron chi connectivity index (χ0n) is 15.3. The summed E-state index contributed by atoms with van der Waals surface area (Å²) in [5.41, 5.74) is -2.36. The Morgan fingerprint density at radius 1 is 1.20 bits per heavy atom. The van der Waals surface area contributed by atoms with Gasteiger partial charge in [-0.3, -0.25) is 14.4 Å². The first-order valence-electron chi connectivity index (χ1n) is 8.09. The first-order chi connectivity index (χ1) is 11.6. The fourth-order valence-electron chi connectivity index (χ4n) is 3.53. The highest BCUT2D eigenvalue weighted by Crippen LogP contribution is 2.48. The van der Waals surface area contributed by atoms with Gasteiger partial charge in [0.15, 0.2) is 11.3 Å². The lowest BCUT2D eigenvalue weighted by molar-refractivity contribution is -0.167. The van der Waals surface area contributed by atoms with Crippen LogP contribution in [0.25, 0.3) is 0 Å². The number of carbonyl (C=O) groups excluding carboxylic acids is 3. The SMILES string of the molecule is COC(=O)[C@H](C#N)[C@](C#N)(C(=O)OC)[C@@H]1C[C@@H](C(C)(C)C)CCC1=O. The highest BCUT2D eigenvalue weighted by atomic mass is 16.5. The van der Waals surface area contributed by atoms with Gasteiger partial charge in [0.05, 0.1) is 26.4 Å². The van der Waals surface area contributed by atoms with Crippen molar-refractivity contribution in [3.05, 3.63) is 0 Å². The normalized spacial score (nSPS) is 24.2. The Kier molecular flexibility index (Phi) is 6.31. The van der Waals surface area contributed by atoms with Crippen molar-refractivity contribution in [2.75, 3.05) is 14.2 Å². The Labute approximate surface area is 147 Å². The molecule has 0 aromatic heterocycles. The number of methoxy groups -OCH3 is 2. The van der Waals surface area contributed by atoms with Crippen LogP contribution in [0.5, 0.6) is 0 Å². The maximum atomic E-state index is 12.6. The van der Waals surface area contributed by atoms with Gasteiger partial charge in [0.25, 0.3) is 0 Å². The van der Waals surface area contributed by atoms with Gasteiger partial charge in [0, 0.05) is 12.3 Å². The lowest BCUT2D eigenvalue weighted by Gasteiger charge is -2.42. The van der Waals surface area contributed by atoms with Crippen molar-refractivity contribution in [2.45, 2.75) is 40.0 Å². The van der Waals surface area contributed by atoms with Crippen LogP contribution in [0, 0.1) is 51.2 Å². The van der Waals surface area contributed by atoms with E-state index in [0.717, 1.165) is 14.2 Å². The molecule has 1 rings (SSSR count). The lowest BCUT2D eigenvalue weighted by Crippen LogP contribution is -2.52. The van der Waals surface area contributed by atoms with Crippen molar-refractivity contribution in [1.29, 1.82) is 10.5 Å². The summed E-state index contributed by atoms with van der Waals surface area (Å²) in [6.07, 6.45) is 1.06. The predicted molar refractivity (Wildman–Crippen MR) is 86.5 cm³/mol. The highest BCUT2D eigenvalue weighted by Gasteiger charge is 2.61. The molecule has 1 fully saturated rings. The van der Waals surface area contributed by atoms with Crippen LogP contribution in [0.3, 0.4) is 0 Å². The molecule has 0 amide bonds. The molecule has 136 valence electrons. The maximum Gasteiger partial charge on any atom is 0.328 e. The fraction of sp³-hybridized carbons (Fsp3) is 0.722. The van der Waals surface area contributed by atoms with E-state index in [2.05, 4.69) is 4.74 Å². The van der Waals surface area contributed by atoms with E-state index in [0.29, 0.717) is 6.42 Å². The number of ketones is 1. The number of carbonyl (C=O) groups is 3. The number of nitrogens with zero attached hydrogens (tertiary/aromatic N) is 2. The zero-order valence-corrected chi connectivity index (χ0v) is 15.3. The van der Waals surface area contributed by atoms with Gasteiger partial charge in [0.2, 0.25) is 0 Å². The van der Waals surface area contributed by atoms with Gasteiger partial charge in [0.1, 0.15) is 5.78 Å². The number of hydrogen-bond donors (Lipinski definition) is 0. The first-order valence-corrected chi connectivity index (χ1v) is 8.09. The molecule has 0 radical (unpaired) electrons. The molecule has 0 aliphatic heterocycles. The first kappa shape index (κ1) is 20.6. The van der Waals surface area contributed by atoms with Crippen molar-refractivity contribution < 1.29 is 23.9 Å². The van der Waals surface area contributed by atoms with Gasteiger partial charge < -0.3 is 9.47 Å². The quantitative estimate of drug-likeness (QED) is 0.713. The molecule has 0 spiro atoms. The maximum absolute atomic E-state index is 12.6. The molecule has 0 aromatic rings. The summed E-state index contributed by atoms with van der Waals surface area (Å²) in [7, 11) is 2.13. The van der Waals surface area contributed by atoms with E-state index >= 15 is 0 Å². The fourth-order valence-corrected chi connectivity index (χ4v) is 3.53. The van der Waals surface area contributed by atoms with Crippen LogP contribution in [0.2, 0.25) is 0 Å². The van der Waals surface area contributed by atoms with Gasteiger partial charge in [-0.2, -0.15) is 10.5 Å². The summed E-state index contributed by atoms with van der Waals surface area (Å²) in [6, 6.07) is 3.47. The van der Waals surface area contributed by atoms with Crippen molar-refractivity contribution in [3.63, 3.8) is 0 Å². The van der Waals surface area contributed by atoms with E-state index in [-0.39, 0.29) is 30.0 Å². The number of hydrogen-bond acceptors (Lipinski definition) is 7. The summed E-state index contributed by atoms with van der Waals surface area (Å²) in [6.45, 7) is 6.04. The highest BCUT2D eigenvalue weighted by molar-refractivity contribution is 5.96. The van der Waals surface area contributed by atoms with Crippen molar-refractivity contribution >= 4 is 17.7 Å². The molecule has 1 aliphatic carbocycles. The molecular formula is C18H24N2O5. The van der Waals surface area contributed by atoms with Crippen LogP contribution >= 0.6 is 0 Å². The standard InChI is InChI=1S/C18H24N2O5/c1-17(2,3)11-6-7-14(21)12(8-11)18(10-20,16(23)25-5)13(9-19)15(22)24-4/h11-13H,6-8H2,1-5H3/t11-,12+,13-,18+/m0/s1. The van der Waals surface area contributed by atoms with Crippen molar-refractivity contribution in [1.82, 2.24) is 0 Å². The average Bonchev–Trinajstić information content (AvgIpc) is 2.58. The van der Waals surface area contributed by atoms with Gasteiger partial charge in [-0.15, -0.1) is 0 Å². The van der Waals surface area contributed by atoms with Crippen molar-refractivity contribution in [2.24, 2.45) is 28.6 Å². The second-order valence-electron chi connectivity index (χ2n) is 7.41. The van der Waals surface area contributed by atoms with E-state index in [1.54, 1.807) is 12.1 Å². The van der Waals surface area contributed by atoms with Gasteiger partial charge in [-0.1, -0.05) is 20.8 Å². The Morgan fingerprint density at radius 3 is 2.20 bits per heavy atom. The number of nitriles is 2. The molecule has 1 aliphatic rings. The molecule has 0 bridgehead atoms. The largest absolute Gasteiger partial charge is 0.468 e. The number of ether oxygens (including phenoxy) is 2.